The first kappa shape index (κ1) is 24.0. The number of rotatable bonds is 4. The van der Waals surface area contributed by atoms with Crippen LogP contribution < -0.4 is 15.0 Å². The molecule has 2 aromatic rings. The van der Waals surface area contributed by atoms with E-state index in [1.54, 1.807) is 0 Å². The Balaban J connectivity index is 1.32. The van der Waals surface area contributed by atoms with Crippen molar-refractivity contribution in [3.8, 4) is 5.75 Å². The number of nitrogens with one attached hydrogen (secondary N) is 1. The first-order valence-electron chi connectivity index (χ1n) is 13.0. The zero-order valence-electron chi connectivity index (χ0n) is 20.5. The van der Waals surface area contributed by atoms with Gasteiger partial charge in [0.05, 0.1) is 26.4 Å². The molecule has 0 spiro atoms. The molecule has 8 heteroatoms. The van der Waals surface area contributed by atoms with Crippen LogP contribution in [0.2, 0.25) is 0 Å². The van der Waals surface area contributed by atoms with Gasteiger partial charge < -0.3 is 24.4 Å². The van der Waals surface area contributed by atoms with Crippen molar-refractivity contribution in [2.75, 3.05) is 69.4 Å². The molecule has 35 heavy (non-hydrogen) atoms. The topological polar surface area (TPSA) is 72.0 Å². The van der Waals surface area contributed by atoms with Crippen LogP contribution in [0.4, 0.5) is 17.5 Å². The van der Waals surface area contributed by atoms with Crippen LogP contribution in [-0.2, 0) is 16.1 Å². The van der Waals surface area contributed by atoms with Gasteiger partial charge in [-0.3, -0.25) is 4.90 Å². The van der Waals surface area contributed by atoms with E-state index in [4.69, 9.17) is 19.2 Å². The highest BCUT2D eigenvalue weighted by Crippen LogP contribution is 2.27. The Morgan fingerprint density at radius 1 is 1.03 bits per heavy atom. The predicted octanol–water partition coefficient (Wildman–Crippen LogP) is 4.01. The molecule has 5 rings (SSSR count). The van der Waals surface area contributed by atoms with Crippen molar-refractivity contribution in [2.24, 2.45) is 5.92 Å². The van der Waals surface area contributed by atoms with E-state index >= 15 is 0 Å². The summed E-state index contributed by atoms with van der Waals surface area (Å²) in [6.07, 6.45) is 10.8. The number of hydrogen-bond donors (Lipinski definition) is 1. The predicted molar refractivity (Wildman–Crippen MR) is 137 cm³/mol. The summed E-state index contributed by atoms with van der Waals surface area (Å²) in [7, 11) is 0. The molecule has 4 heterocycles. The van der Waals surface area contributed by atoms with Gasteiger partial charge in [-0.2, -0.15) is 4.98 Å². The molecule has 3 aliphatic rings. The Kier molecular flexibility index (Phi) is 8.47. The molecular formula is C27H37N5O3. The van der Waals surface area contributed by atoms with Gasteiger partial charge in [0.25, 0.3) is 0 Å². The number of ether oxygens (including phenoxy) is 3. The Morgan fingerprint density at radius 2 is 1.91 bits per heavy atom. The van der Waals surface area contributed by atoms with E-state index in [-0.39, 0.29) is 0 Å². The largest absolute Gasteiger partial charge is 0.492 e. The van der Waals surface area contributed by atoms with Gasteiger partial charge in [-0.15, -0.1) is 0 Å². The van der Waals surface area contributed by atoms with Crippen LogP contribution in [-0.4, -0.2) is 74.0 Å². The first-order valence-corrected chi connectivity index (χ1v) is 13.0. The van der Waals surface area contributed by atoms with Gasteiger partial charge in [-0.1, -0.05) is 12.2 Å². The van der Waals surface area contributed by atoms with Gasteiger partial charge in [0, 0.05) is 37.1 Å². The third-order valence-electron chi connectivity index (χ3n) is 6.87. The monoisotopic (exact) mass is 479 g/mol. The van der Waals surface area contributed by atoms with E-state index in [1.807, 2.05) is 36.5 Å². The van der Waals surface area contributed by atoms with Gasteiger partial charge >= 0.3 is 0 Å². The molecule has 3 aliphatic heterocycles. The first-order chi connectivity index (χ1) is 17.3. The number of likely N-dealkylation sites (tertiary alicyclic amines) is 1. The van der Waals surface area contributed by atoms with Crippen molar-refractivity contribution in [1.82, 2.24) is 14.9 Å². The zero-order chi connectivity index (χ0) is 23.7. The molecule has 1 atom stereocenters. The molecule has 0 radical (unpaired) electrons. The van der Waals surface area contributed by atoms with Crippen LogP contribution >= 0.6 is 0 Å². The molecule has 1 aromatic heterocycles. The number of nitrogens with zero attached hydrogens (tertiary/aromatic N) is 4. The fourth-order valence-corrected chi connectivity index (χ4v) is 5.00. The van der Waals surface area contributed by atoms with E-state index in [2.05, 4.69) is 26.2 Å². The minimum atomic E-state index is 0.469. The van der Waals surface area contributed by atoms with E-state index in [0.29, 0.717) is 38.3 Å². The Labute approximate surface area is 208 Å². The summed E-state index contributed by atoms with van der Waals surface area (Å²) in [5, 5.41) is 3.38. The third-order valence-corrected chi connectivity index (χ3v) is 6.87. The summed E-state index contributed by atoms with van der Waals surface area (Å²) in [5.74, 6) is 2.93. The van der Waals surface area contributed by atoms with Crippen molar-refractivity contribution in [1.29, 1.82) is 0 Å². The highest BCUT2D eigenvalue weighted by Gasteiger charge is 2.21. The number of piperidine rings is 1. The van der Waals surface area contributed by atoms with Crippen molar-refractivity contribution in [2.45, 2.75) is 32.3 Å². The molecule has 0 saturated carbocycles. The minimum Gasteiger partial charge on any atom is -0.492 e. The maximum Gasteiger partial charge on any atom is 0.229 e. The lowest BCUT2D eigenvalue weighted by molar-refractivity contribution is 0.113. The maximum atomic E-state index is 6.18. The van der Waals surface area contributed by atoms with Crippen LogP contribution in [0.1, 0.15) is 31.2 Å². The average Bonchev–Trinajstić information content (AvgIpc) is 3.40. The normalized spacial score (nSPS) is 21.7. The fraction of sp³-hybridized carbons (Fsp3) is 0.556. The lowest BCUT2D eigenvalue weighted by Crippen LogP contribution is -2.37. The van der Waals surface area contributed by atoms with Crippen LogP contribution in [0.3, 0.4) is 0 Å². The van der Waals surface area contributed by atoms with Crippen molar-refractivity contribution < 1.29 is 14.2 Å². The Morgan fingerprint density at radius 3 is 2.83 bits per heavy atom. The fourth-order valence-electron chi connectivity index (χ4n) is 5.00. The molecule has 0 amide bonds. The SMILES string of the molecule is C1=CCOCC2CCCN(C2)c2ccnc(n2)Nc2ccc(OCCN3CCCC3)c(c2)COC1. The van der Waals surface area contributed by atoms with Gasteiger partial charge in [0.2, 0.25) is 5.95 Å². The van der Waals surface area contributed by atoms with E-state index in [9.17, 15) is 0 Å². The lowest BCUT2D eigenvalue weighted by Gasteiger charge is -2.33. The molecule has 1 unspecified atom stereocenters. The number of fused-ring (bicyclic) bond motifs is 7. The van der Waals surface area contributed by atoms with E-state index in [0.717, 1.165) is 55.5 Å². The number of benzene rings is 1. The highest BCUT2D eigenvalue weighted by atomic mass is 16.5. The van der Waals surface area contributed by atoms with Crippen molar-refractivity contribution in [3.05, 3.63) is 48.2 Å². The molecule has 0 aliphatic carbocycles. The van der Waals surface area contributed by atoms with E-state index in [1.165, 1.54) is 32.4 Å². The van der Waals surface area contributed by atoms with Gasteiger partial charge in [0.1, 0.15) is 18.2 Å². The highest BCUT2D eigenvalue weighted by molar-refractivity contribution is 5.58. The van der Waals surface area contributed by atoms with Crippen LogP contribution in [0.5, 0.6) is 5.75 Å². The number of aromatic nitrogens is 2. The maximum absolute atomic E-state index is 6.18. The number of hydrogen-bond acceptors (Lipinski definition) is 8. The summed E-state index contributed by atoms with van der Waals surface area (Å²) in [6, 6.07) is 8.11. The quantitative estimate of drug-likeness (QED) is 0.660. The van der Waals surface area contributed by atoms with Crippen LogP contribution in [0.25, 0.3) is 0 Å². The summed E-state index contributed by atoms with van der Waals surface area (Å²) in [4.78, 5) is 14.1. The van der Waals surface area contributed by atoms with E-state index < -0.39 is 0 Å². The molecule has 6 bridgehead atoms. The molecule has 1 aromatic carbocycles. The Bertz CT molecular complexity index is 979. The smallest absolute Gasteiger partial charge is 0.229 e. The van der Waals surface area contributed by atoms with Crippen molar-refractivity contribution in [3.63, 3.8) is 0 Å². The van der Waals surface area contributed by atoms with Crippen LogP contribution in [0.15, 0.2) is 42.6 Å². The average molecular weight is 480 g/mol. The molecule has 2 saturated heterocycles. The molecule has 1 N–H and O–H groups in total. The van der Waals surface area contributed by atoms with Crippen molar-refractivity contribution >= 4 is 17.5 Å². The summed E-state index contributed by atoms with van der Waals surface area (Å²) in [6.45, 7) is 8.34. The second kappa shape index (κ2) is 12.3. The van der Waals surface area contributed by atoms with Gasteiger partial charge in [-0.25, -0.2) is 4.98 Å². The Hall–Kier alpha value is -2.68. The second-order valence-corrected chi connectivity index (χ2v) is 9.56. The molecule has 188 valence electrons. The lowest BCUT2D eigenvalue weighted by atomic mass is 9.99. The minimum absolute atomic E-state index is 0.469. The summed E-state index contributed by atoms with van der Waals surface area (Å²) >= 11 is 0. The van der Waals surface area contributed by atoms with Gasteiger partial charge in [0.15, 0.2) is 0 Å². The van der Waals surface area contributed by atoms with Gasteiger partial charge in [-0.05, 0) is 69.0 Å². The molecular weight excluding hydrogens is 442 g/mol. The standard InChI is InChI=1S/C27H37N5O3/c1-2-12-31(11-1)14-17-35-25-8-7-24-18-23(25)21-34-16-4-3-15-33-20-22-6-5-13-32(19-22)26-9-10-28-27(29-24)30-26/h3-4,7-10,18,22H,1-2,5-6,11-17,19-21H2,(H,28,29,30). The van der Waals surface area contributed by atoms with Crippen LogP contribution in [0, 0.1) is 5.92 Å². The summed E-state index contributed by atoms with van der Waals surface area (Å²) < 4.78 is 18.1. The number of anilines is 3. The molecule has 8 nitrogen and oxygen atoms in total. The molecule has 2 fully saturated rings. The summed E-state index contributed by atoms with van der Waals surface area (Å²) in [5.41, 5.74) is 1.94. The second-order valence-electron chi connectivity index (χ2n) is 9.56. The zero-order valence-corrected chi connectivity index (χ0v) is 20.5. The third kappa shape index (κ3) is 6.93.